The molecule has 3 heteroatoms. The van der Waals surface area contributed by atoms with Gasteiger partial charge in [-0.15, -0.1) is 0 Å². The van der Waals surface area contributed by atoms with Crippen molar-refractivity contribution in [2.24, 2.45) is 5.73 Å². The lowest BCUT2D eigenvalue weighted by Crippen LogP contribution is -2.31. The lowest BCUT2D eigenvalue weighted by Gasteiger charge is -2.31. The molecule has 1 aromatic rings. The van der Waals surface area contributed by atoms with E-state index in [1.807, 2.05) is 12.1 Å². The molecule has 0 amide bonds. The first-order chi connectivity index (χ1) is 8.72. The molecule has 0 radical (unpaired) electrons. The van der Waals surface area contributed by atoms with Crippen molar-refractivity contribution < 1.29 is 0 Å². The van der Waals surface area contributed by atoms with Crippen LogP contribution < -0.4 is 10.6 Å². The number of benzene rings is 1. The van der Waals surface area contributed by atoms with Gasteiger partial charge < -0.3 is 10.6 Å². The third kappa shape index (κ3) is 3.18. The Morgan fingerprint density at radius 3 is 2.67 bits per heavy atom. The minimum atomic E-state index is 0.202. The van der Waals surface area contributed by atoms with Crippen molar-refractivity contribution in [3.05, 3.63) is 28.8 Å². The Labute approximate surface area is 115 Å². The maximum atomic E-state index is 6.37. The Morgan fingerprint density at radius 2 is 2.00 bits per heavy atom. The average Bonchev–Trinajstić information content (AvgIpc) is 2.42. The number of piperidine rings is 1. The van der Waals surface area contributed by atoms with Gasteiger partial charge in [0.1, 0.15) is 0 Å². The van der Waals surface area contributed by atoms with Gasteiger partial charge in [0.05, 0.1) is 0 Å². The van der Waals surface area contributed by atoms with Gasteiger partial charge in [-0.25, -0.2) is 0 Å². The number of rotatable bonds is 4. The summed E-state index contributed by atoms with van der Waals surface area (Å²) in [6, 6.07) is 6.42. The zero-order valence-electron chi connectivity index (χ0n) is 11.2. The molecule has 0 spiro atoms. The van der Waals surface area contributed by atoms with Crippen LogP contribution in [0.15, 0.2) is 18.2 Å². The second-order valence-electron chi connectivity index (χ2n) is 5.16. The number of hydrogen-bond acceptors (Lipinski definition) is 2. The number of nitrogens with zero attached hydrogens (tertiary/aromatic N) is 1. The summed E-state index contributed by atoms with van der Waals surface area (Å²) in [6.07, 6.45) is 5.78. The molecule has 0 aromatic heterocycles. The van der Waals surface area contributed by atoms with E-state index in [2.05, 4.69) is 17.9 Å². The summed E-state index contributed by atoms with van der Waals surface area (Å²) >= 11 is 6.37. The van der Waals surface area contributed by atoms with E-state index in [1.165, 1.54) is 30.5 Å². The maximum absolute atomic E-state index is 6.37. The molecular formula is C15H23ClN2. The van der Waals surface area contributed by atoms with E-state index in [-0.39, 0.29) is 6.04 Å². The first kappa shape index (κ1) is 13.7. The van der Waals surface area contributed by atoms with Gasteiger partial charge in [0, 0.05) is 29.8 Å². The van der Waals surface area contributed by atoms with Crippen LogP contribution in [0, 0.1) is 0 Å². The van der Waals surface area contributed by atoms with Gasteiger partial charge in [-0.3, -0.25) is 0 Å². The topological polar surface area (TPSA) is 29.3 Å². The molecule has 100 valence electrons. The number of hydrogen-bond donors (Lipinski definition) is 1. The summed E-state index contributed by atoms with van der Waals surface area (Å²) in [5.41, 5.74) is 8.62. The standard InChI is InChI=1S/C15H23ClN2/c1-2-12(17)11-13-14(16)7-6-8-15(13)18-9-4-3-5-10-18/h6-8,12H,2-5,9-11,17H2,1H3. The summed E-state index contributed by atoms with van der Waals surface area (Å²) in [4.78, 5) is 2.47. The van der Waals surface area contributed by atoms with E-state index in [1.54, 1.807) is 0 Å². The molecule has 0 aliphatic carbocycles. The van der Waals surface area contributed by atoms with Crippen LogP contribution in [0.5, 0.6) is 0 Å². The van der Waals surface area contributed by atoms with Gasteiger partial charge in [0.2, 0.25) is 0 Å². The molecule has 1 atom stereocenters. The molecular weight excluding hydrogens is 244 g/mol. The molecule has 1 heterocycles. The second-order valence-corrected chi connectivity index (χ2v) is 5.56. The minimum absolute atomic E-state index is 0.202. The predicted octanol–water partition coefficient (Wildman–Crippen LogP) is 3.61. The third-order valence-electron chi connectivity index (χ3n) is 3.78. The summed E-state index contributed by atoms with van der Waals surface area (Å²) in [5.74, 6) is 0. The lowest BCUT2D eigenvalue weighted by atomic mass is 10.0. The molecule has 2 rings (SSSR count). The SMILES string of the molecule is CCC(N)Cc1c(Cl)cccc1N1CCCCC1. The smallest absolute Gasteiger partial charge is 0.0459 e. The fourth-order valence-corrected chi connectivity index (χ4v) is 2.83. The van der Waals surface area contributed by atoms with E-state index in [0.717, 1.165) is 31.0 Å². The van der Waals surface area contributed by atoms with E-state index in [4.69, 9.17) is 17.3 Å². The van der Waals surface area contributed by atoms with Gasteiger partial charge in [-0.1, -0.05) is 24.6 Å². The summed E-state index contributed by atoms with van der Waals surface area (Å²) in [7, 11) is 0. The quantitative estimate of drug-likeness (QED) is 0.902. The highest BCUT2D eigenvalue weighted by atomic mass is 35.5. The molecule has 1 saturated heterocycles. The zero-order valence-corrected chi connectivity index (χ0v) is 11.9. The molecule has 2 nitrogen and oxygen atoms in total. The van der Waals surface area contributed by atoms with Gasteiger partial charge in [-0.2, -0.15) is 0 Å². The van der Waals surface area contributed by atoms with Gasteiger partial charge in [-0.05, 0) is 49.8 Å². The Kier molecular flexibility index (Phi) is 4.90. The van der Waals surface area contributed by atoms with Crippen molar-refractivity contribution in [2.75, 3.05) is 18.0 Å². The Balaban J connectivity index is 2.24. The third-order valence-corrected chi connectivity index (χ3v) is 4.14. The molecule has 1 aliphatic heterocycles. The average molecular weight is 267 g/mol. The van der Waals surface area contributed by atoms with Crippen molar-refractivity contribution in [1.29, 1.82) is 0 Å². The molecule has 1 aliphatic rings. The molecule has 1 fully saturated rings. The zero-order chi connectivity index (χ0) is 13.0. The first-order valence-electron chi connectivity index (χ1n) is 7.00. The summed E-state index contributed by atoms with van der Waals surface area (Å²) in [5, 5.41) is 0.863. The van der Waals surface area contributed by atoms with Gasteiger partial charge >= 0.3 is 0 Å². The Hall–Kier alpha value is -0.730. The number of anilines is 1. The van der Waals surface area contributed by atoms with Crippen LogP contribution in [0.1, 0.15) is 38.2 Å². The molecule has 1 unspecified atom stereocenters. The number of nitrogens with two attached hydrogens (primary N) is 1. The van der Waals surface area contributed by atoms with Crippen molar-refractivity contribution >= 4 is 17.3 Å². The monoisotopic (exact) mass is 266 g/mol. The normalized spacial score (nSPS) is 17.8. The fourth-order valence-electron chi connectivity index (χ4n) is 2.59. The fraction of sp³-hybridized carbons (Fsp3) is 0.600. The van der Waals surface area contributed by atoms with Crippen molar-refractivity contribution in [3.63, 3.8) is 0 Å². The Morgan fingerprint density at radius 1 is 1.28 bits per heavy atom. The second kappa shape index (κ2) is 6.44. The predicted molar refractivity (Wildman–Crippen MR) is 79.5 cm³/mol. The minimum Gasteiger partial charge on any atom is -0.371 e. The van der Waals surface area contributed by atoms with Gasteiger partial charge in [0.25, 0.3) is 0 Å². The van der Waals surface area contributed by atoms with Crippen LogP contribution in [0.2, 0.25) is 5.02 Å². The largest absolute Gasteiger partial charge is 0.371 e. The lowest BCUT2D eigenvalue weighted by molar-refractivity contribution is 0.573. The molecule has 2 N–H and O–H groups in total. The van der Waals surface area contributed by atoms with E-state index < -0.39 is 0 Å². The van der Waals surface area contributed by atoms with Crippen molar-refractivity contribution in [3.8, 4) is 0 Å². The van der Waals surface area contributed by atoms with Crippen LogP contribution in [-0.4, -0.2) is 19.1 Å². The van der Waals surface area contributed by atoms with Crippen LogP contribution >= 0.6 is 11.6 Å². The van der Waals surface area contributed by atoms with Crippen LogP contribution in [0.4, 0.5) is 5.69 Å². The summed E-state index contributed by atoms with van der Waals surface area (Å²) < 4.78 is 0. The van der Waals surface area contributed by atoms with Crippen LogP contribution in [-0.2, 0) is 6.42 Å². The first-order valence-corrected chi connectivity index (χ1v) is 7.38. The van der Waals surface area contributed by atoms with Crippen molar-refractivity contribution in [2.45, 2.75) is 45.1 Å². The van der Waals surface area contributed by atoms with E-state index in [9.17, 15) is 0 Å². The van der Waals surface area contributed by atoms with Gasteiger partial charge in [0.15, 0.2) is 0 Å². The molecule has 0 saturated carbocycles. The van der Waals surface area contributed by atoms with Crippen LogP contribution in [0.3, 0.4) is 0 Å². The van der Waals surface area contributed by atoms with Crippen molar-refractivity contribution in [1.82, 2.24) is 0 Å². The highest BCUT2D eigenvalue weighted by Gasteiger charge is 2.17. The molecule has 1 aromatic carbocycles. The van der Waals surface area contributed by atoms with Crippen LogP contribution in [0.25, 0.3) is 0 Å². The Bertz CT molecular complexity index is 386. The van der Waals surface area contributed by atoms with E-state index in [0.29, 0.717) is 0 Å². The van der Waals surface area contributed by atoms with E-state index >= 15 is 0 Å². The maximum Gasteiger partial charge on any atom is 0.0459 e. The molecule has 0 bridgehead atoms. The number of halogens is 1. The molecule has 18 heavy (non-hydrogen) atoms. The highest BCUT2D eigenvalue weighted by Crippen LogP contribution is 2.30. The summed E-state index contributed by atoms with van der Waals surface area (Å²) in [6.45, 7) is 4.42. The highest BCUT2D eigenvalue weighted by molar-refractivity contribution is 6.31.